The molecule has 1 aliphatic rings. The van der Waals surface area contributed by atoms with Gasteiger partial charge in [0.05, 0.1) is 14.2 Å². The fourth-order valence-corrected chi connectivity index (χ4v) is 3.50. The number of nitrogens with zero attached hydrogens (tertiary/aromatic N) is 1. The summed E-state index contributed by atoms with van der Waals surface area (Å²) < 4.78 is 11.8. The van der Waals surface area contributed by atoms with Crippen LogP contribution in [-0.2, 0) is 6.42 Å². The van der Waals surface area contributed by atoms with E-state index >= 15 is 0 Å². The number of fused-ring (bicyclic) bond motifs is 1. The highest BCUT2D eigenvalue weighted by molar-refractivity contribution is 9.10. The molecule has 0 spiro atoms. The molecule has 2 aromatic carbocycles. The van der Waals surface area contributed by atoms with E-state index in [4.69, 9.17) is 9.47 Å². The lowest BCUT2D eigenvalue weighted by Gasteiger charge is -2.24. The van der Waals surface area contributed by atoms with E-state index in [1.54, 1.807) is 26.4 Å². The second-order valence-corrected chi connectivity index (χ2v) is 6.45. The molecule has 4 nitrogen and oxygen atoms in total. The molecule has 0 aromatic heterocycles. The van der Waals surface area contributed by atoms with Crippen molar-refractivity contribution < 1.29 is 14.3 Å². The summed E-state index contributed by atoms with van der Waals surface area (Å²) in [6, 6.07) is 11.4. The summed E-state index contributed by atoms with van der Waals surface area (Å²) in [7, 11) is 3.12. The lowest BCUT2D eigenvalue weighted by atomic mass is 10.1. The van der Waals surface area contributed by atoms with Crippen molar-refractivity contribution in [2.24, 2.45) is 0 Å². The van der Waals surface area contributed by atoms with E-state index in [0.717, 1.165) is 22.1 Å². The molecule has 1 aliphatic heterocycles. The molecule has 120 valence electrons. The number of amides is 1. The summed E-state index contributed by atoms with van der Waals surface area (Å²) in [5.41, 5.74) is 2.56. The molecule has 23 heavy (non-hydrogen) atoms. The Morgan fingerprint density at radius 1 is 1.17 bits per heavy atom. The van der Waals surface area contributed by atoms with Gasteiger partial charge in [-0.15, -0.1) is 0 Å². The molecule has 1 atom stereocenters. The Balaban J connectivity index is 2.09. The lowest BCUT2D eigenvalue weighted by Crippen LogP contribution is -2.36. The van der Waals surface area contributed by atoms with E-state index in [9.17, 15) is 4.79 Å². The first-order chi connectivity index (χ1) is 11.1. The van der Waals surface area contributed by atoms with E-state index < -0.39 is 0 Å². The third-order valence-corrected chi connectivity index (χ3v) is 4.61. The number of carbonyl (C=O) groups excluding carboxylic acids is 1. The summed E-state index contributed by atoms with van der Waals surface area (Å²) in [6.45, 7) is 2.05. The van der Waals surface area contributed by atoms with Crippen LogP contribution in [0.1, 0.15) is 22.8 Å². The van der Waals surface area contributed by atoms with Crippen LogP contribution in [0, 0.1) is 0 Å². The highest BCUT2D eigenvalue weighted by Gasteiger charge is 2.34. The first-order valence-electron chi connectivity index (χ1n) is 7.39. The van der Waals surface area contributed by atoms with Crippen molar-refractivity contribution in [1.29, 1.82) is 0 Å². The second-order valence-electron chi connectivity index (χ2n) is 5.54. The number of methoxy groups -OCH3 is 2. The van der Waals surface area contributed by atoms with Crippen molar-refractivity contribution in [2.45, 2.75) is 19.4 Å². The largest absolute Gasteiger partial charge is 0.496 e. The van der Waals surface area contributed by atoms with Crippen molar-refractivity contribution in [3.8, 4) is 11.5 Å². The molecule has 0 aliphatic carbocycles. The maximum absolute atomic E-state index is 13.2. The van der Waals surface area contributed by atoms with Crippen LogP contribution < -0.4 is 14.4 Å². The van der Waals surface area contributed by atoms with Crippen LogP contribution in [0.3, 0.4) is 0 Å². The summed E-state index contributed by atoms with van der Waals surface area (Å²) in [4.78, 5) is 15.0. The monoisotopic (exact) mass is 375 g/mol. The molecule has 0 N–H and O–H groups in total. The molecular weight excluding hydrogens is 358 g/mol. The summed E-state index contributed by atoms with van der Waals surface area (Å²) in [6.07, 6.45) is 0.831. The van der Waals surface area contributed by atoms with Crippen molar-refractivity contribution in [3.63, 3.8) is 0 Å². The van der Waals surface area contributed by atoms with Gasteiger partial charge in [-0.2, -0.15) is 0 Å². The Morgan fingerprint density at radius 3 is 2.43 bits per heavy atom. The Labute approximate surface area is 144 Å². The average Bonchev–Trinajstić information content (AvgIpc) is 2.88. The van der Waals surface area contributed by atoms with Gasteiger partial charge in [-0.3, -0.25) is 4.79 Å². The molecule has 3 rings (SSSR count). The number of carbonyl (C=O) groups is 1. The molecule has 0 saturated carbocycles. The highest BCUT2D eigenvalue weighted by Crippen LogP contribution is 2.38. The van der Waals surface area contributed by atoms with Crippen LogP contribution in [0.25, 0.3) is 0 Å². The molecule has 0 unspecified atom stereocenters. The van der Waals surface area contributed by atoms with Gasteiger partial charge in [0.2, 0.25) is 0 Å². The van der Waals surface area contributed by atoms with Gasteiger partial charge in [0, 0.05) is 16.2 Å². The predicted octanol–water partition coefficient (Wildman–Crippen LogP) is 4.06. The fraction of sp³-hybridized carbons (Fsp3) is 0.278. The van der Waals surface area contributed by atoms with E-state index in [0.29, 0.717) is 17.1 Å². The van der Waals surface area contributed by atoms with Crippen molar-refractivity contribution in [2.75, 3.05) is 19.1 Å². The number of hydrogen-bond acceptors (Lipinski definition) is 3. The van der Waals surface area contributed by atoms with Crippen molar-refractivity contribution >= 4 is 27.5 Å². The number of ether oxygens (including phenoxy) is 2. The minimum Gasteiger partial charge on any atom is -0.496 e. The zero-order chi connectivity index (χ0) is 16.6. The van der Waals surface area contributed by atoms with Crippen molar-refractivity contribution in [1.82, 2.24) is 0 Å². The first kappa shape index (κ1) is 15.9. The molecule has 2 aromatic rings. The topological polar surface area (TPSA) is 38.8 Å². The van der Waals surface area contributed by atoms with E-state index in [2.05, 4.69) is 22.0 Å². The van der Waals surface area contributed by atoms with Crippen LogP contribution in [-0.4, -0.2) is 26.2 Å². The molecule has 0 saturated heterocycles. The maximum atomic E-state index is 13.2. The summed E-state index contributed by atoms with van der Waals surface area (Å²) in [5, 5.41) is 0. The number of halogens is 1. The zero-order valence-electron chi connectivity index (χ0n) is 13.3. The van der Waals surface area contributed by atoms with Gasteiger partial charge >= 0.3 is 0 Å². The van der Waals surface area contributed by atoms with E-state index in [1.807, 2.05) is 30.0 Å². The van der Waals surface area contributed by atoms with Gasteiger partial charge in [0.1, 0.15) is 17.1 Å². The quantitative estimate of drug-likeness (QED) is 0.811. The molecule has 0 bridgehead atoms. The van der Waals surface area contributed by atoms with Gasteiger partial charge in [0.15, 0.2) is 0 Å². The first-order valence-corrected chi connectivity index (χ1v) is 8.19. The van der Waals surface area contributed by atoms with Gasteiger partial charge < -0.3 is 14.4 Å². The molecule has 5 heteroatoms. The number of benzene rings is 2. The summed E-state index contributed by atoms with van der Waals surface area (Å²) >= 11 is 3.49. The standard InChI is InChI=1S/C18H18BrNO3/c1-11-9-12-10-13(19)7-8-14(12)20(11)18(21)17-15(22-2)5-4-6-16(17)23-3/h4-8,10-11H,9H2,1-3H3/t11-/m1/s1. The van der Waals surface area contributed by atoms with Crippen molar-refractivity contribution in [3.05, 3.63) is 52.0 Å². The Hall–Kier alpha value is -2.01. The Morgan fingerprint density at radius 2 is 1.83 bits per heavy atom. The minimum absolute atomic E-state index is 0.0846. The van der Waals surface area contributed by atoms with E-state index in [-0.39, 0.29) is 11.9 Å². The molecule has 0 fully saturated rings. The SMILES string of the molecule is COc1cccc(OC)c1C(=O)N1c2ccc(Br)cc2C[C@H]1C. The Kier molecular flexibility index (Phi) is 4.31. The third-order valence-electron chi connectivity index (χ3n) is 4.12. The zero-order valence-corrected chi connectivity index (χ0v) is 14.9. The van der Waals surface area contributed by atoms with Crippen LogP contribution in [0.5, 0.6) is 11.5 Å². The van der Waals surface area contributed by atoms with Crippen LogP contribution >= 0.6 is 15.9 Å². The lowest BCUT2D eigenvalue weighted by molar-refractivity contribution is 0.0975. The van der Waals surface area contributed by atoms with Gasteiger partial charge in [-0.25, -0.2) is 0 Å². The fourth-order valence-electron chi connectivity index (χ4n) is 3.09. The van der Waals surface area contributed by atoms with E-state index in [1.165, 1.54) is 0 Å². The third kappa shape index (κ3) is 2.70. The maximum Gasteiger partial charge on any atom is 0.266 e. The van der Waals surface area contributed by atoms with Gasteiger partial charge in [-0.1, -0.05) is 22.0 Å². The van der Waals surface area contributed by atoms with Crippen LogP contribution in [0.15, 0.2) is 40.9 Å². The molecule has 1 amide bonds. The van der Waals surface area contributed by atoms with Gasteiger partial charge in [0.25, 0.3) is 5.91 Å². The highest BCUT2D eigenvalue weighted by atomic mass is 79.9. The second kappa shape index (κ2) is 6.24. The predicted molar refractivity (Wildman–Crippen MR) is 93.7 cm³/mol. The normalized spacial score (nSPS) is 16.2. The number of hydrogen-bond donors (Lipinski definition) is 0. The minimum atomic E-state index is -0.104. The number of rotatable bonds is 3. The molecule has 0 radical (unpaired) electrons. The smallest absolute Gasteiger partial charge is 0.266 e. The molecule has 1 heterocycles. The Bertz CT molecular complexity index is 738. The average molecular weight is 376 g/mol. The van der Waals surface area contributed by atoms with Gasteiger partial charge in [-0.05, 0) is 49.2 Å². The summed E-state index contributed by atoms with van der Waals surface area (Å²) in [5.74, 6) is 0.937. The van der Waals surface area contributed by atoms with Crippen LogP contribution in [0.2, 0.25) is 0 Å². The number of anilines is 1. The van der Waals surface area contributed by atoms with Crippen LogP contribution in [0.4, 0.5) is 5.69 Å². The molecular formula is C18H18BrNO3.